The number of piperazine rings is 1. The highest BCUT2D eigenvalue weighted by Gasteiger charge is 2.15. The van der Waals surface area contributed by atoms with Crippen LogP contribution in [-0.2, 0) is 4.79 Å². The Morgan fingerprint density at radius 2 is 2.11 bits per heavy atom. The number of nitrogens with one attached hydrogen (secondary N) is 2. The fourth-order valence-electron chi connectivity index (χ4n) is 2.12. The van der Waals surface area contributed by atoms with Crippen LogP contribution in [0.15, 0.2) is 18.2 Å². The van der Waals surface area contributed by atoms with Gasteiger partial charge in [0.1, 0.15) is 5.75 Å². The third kappa shape index (κ3) is 2.92. The normalized spacial score (nSPS) is 15.3. The van der Waals surface area contributed by atoms with Gasteiger partial charge in [0.05, 0.1) is 12.8 Å². The second kappa shape index (κ2) is 5.73. The van der Waals surface area contributed by atoms with Crippen LogP contribution in [0.1, 0.15) is 6.92 Å². The third-order valence-electron chi connectivity index (χ3n) is 2.96. The number of rotatable bonds is 3. The lowest BCUT2D eigenvalue weighted by Gasteiger charge is -2.30. The van der Waals surface area contributed by atoms with Crippen molar-refractivity contribution in [3.05, 3.63) is 18.2 Å². The van der Waals surface area contributed by atoms with Crippen LogP contribution in [0.3, 0.4) is 0 Å². The smallest absolute Gasteiger partial charge is 0.221 e. The largest absolute Gasteiger partial charge is 0.495 e. The molecule has 0 spiro atoms. The van der Waals surface area contributed by atoms with E-state index in [4.69, 9.17) is 4.74 Å². The van der Waals surface area contributed by atoms with Crippen LogP contribution in [0.2, 0.25) is 0 Å². The number of anilines is 2. The lowest BCUT2D eigenvalue weighted by Crippen LogP contribution is -2.43. The number of methoxy groups -OCH3 is 1. The summed E-state index contributed by atoms with van der Waals surface area (Å²) in [5.41, 5.74) is 1.84. The van der Waals surface area contributed by atoms with Gasteiger partial charge in [-0.2, -0.15) is 0 Å². The van der Waals surface area contributed by atoms with Crippen molar-refractivity contribution in [3.63, 3.8) is 0 Å². The molecule has 98 valence electrons. The molecule has 2 rings (SSSR count). The average molecular weight is 249 g/mol. The summed E-state index contributed by atoms with van der Waals surface area (Å²) in [6.45, 7) is 5.33. The van der Waals surface area contributed by atoms with Gasteiger partial charge in [-0.25, -0.2) is 0 Å². The fourth-order valence-corrected chi connectivity index (χ4v) is 2.12. The predicted molar refractivity (Wildman–Crippen MR) is 72.4 cm³/mol. The van der Waals surface area contributed by atoms with Crippen molar-refractivity contribution in [1.82, 2.24) is 5.32 Å². The highest BCUT2D eigenvalue weighted by Crippen LogP contribution is 2.31. The zero-order valence-corrected chi connectivity index (χ0v) is 10.8. The maximum absolute atomic E-state index is 11.1. The average Bonchev–Trinajstić information content (AvgIpc) is 2.39. The molecule has 1 fully saturated rings. The maximum atomic E-state index is 11.1. The van der Waals surface area contributed by atoms with Crippen molar-refractivity contribution in [2.75, 3.05) is 43.5 Å². The molecule has 1 aromatic rings. The van der Waals surface area contributed by atoms with Crippen LogP contribution in [0.25, 0.3) is 0 Å². The number of amides is 1. The predicted octanol–water partition coefficient (Wildman–Crippen LogP) is 1.06. The van der Waals surface area contributed by atoms with Crippen molar-refractivity contribution < 1.29 is 9.53 Å². The van der Waals surface area contributed by atoms with E-state index in [0.717, 1.165) is 43.3 Å². The summed E-state index contributed by atoms with van der Waals surface area (Å²) in [4.78, 5) is 13.4. The molecule has 2 N–H and O–H groups in total. The number of benzene rings is 1. The van der Waals surface area contributed by atoms with Crippen molar-refractivity contribution in [2.24, 2.45) is 0 Å². The monoisotopic (exact) mass is 249 g/mol. The second-order valence-electron chi connectivity index (χ2n) is 4.30. The second-order valence-corrected chi connectivity index (χ2v) is 4.30. The van der Waals surface area contributed by atoms with Gasteiger partial charge in [-0.15, -0.1) is 0 Å². The molecule has 1 saturated heterocycles. The molecule has 0 atom stereocenters. The van der Waals surface area contributed by atoms with Gasteiger partial charge in [-0.3, -0.25) is 4.79 Å². The number of carbonyl (C=O) groups excluding carboxylic acids is 1. The number of ether oxygens (including phenoxy) is 1. The molecular weight excluding hydrogens is 230 g/mol. The van der Waals surface area contributed by atoms with E-state index in [1.54, 1.807) is 7.11 Å². The van der Waals surface area contributed by atoms with Gasteiger partial charge in [-0.1, -0.05) is 0 Å². The molecule has 0 bridgehead atoms. The van der Waals surface area contributed by atoms with E-state index in [2.05, 4.69) is 15.5 Å². The van der Waals surface area contributed by atoms with Crippen LogP contribution in [0, 0.1) is 0 Å². The van der Waals surface area contributed by atoms with E-state index in [1.807, 2.05) is 18.2 Å². The molecule has 5 heteroatoms. The molecule has 1 aromatic carbocycles. The minimum absolute atomic E-state index is 0.0635. The van der Waals surface area contributed by atoms with Gasteiger partial charge in [0.2, 0.25) is 5.91 Å². The molecule has 0 aliphatic carbocycles. The Morgan fingerprint density at radius 1 is 1.39 bits per heavy atom. The Balaban J connectivity index is 2.26. The first-order valence-electron chi connectivity index (χ1n) is 6.12. The van der Waals surface area contributed by atoms with Gasteiger partial charge in [0, 0.05) is 38.8 Å². The SMILES string of the molecule is COc1ccc(NC(C)=O)cc1N1CCNCC1. The van der Waals surface area contributed by atoms with Crippen LogP contribution in [0.5, 0.6) is 5.75 Å². The zero-order valence-electron chi connectivity index (χ0n) is 10.8. The Labute approximate surface area is 107 Å². The van der Waals surface area contributed by atoms with E-state index < -0.39 is 0 Å². The molecule has 18 heavy (non-hydrogen) atoms. The van der Waals surface area contributed by atoms with Gasteiger partial charge < -0.3 is 20.3 Å². The maximum Gasteiger partial charge on any atom is 0.221 e. The molecule has 0 radical (unpaired) electrons. The van der Waals surface area contributed by atoms with E-state index in [0.29, 0.717) is 0 Å². The summed E-state index contributed by atoms with van der Waals surface area (Å²) in [5.74, 6) is 0.775. The first-order chi connectivity index (χ1) is 8.70. The molecule has 0 saturated carbocycles. The molecule has 0 aromatic heterocycles. The minimum atomic E-state index is -0.0635. The van der Waals surface area contributed by atoms with Gasteiger partial charge in [0.15, 0.2) is 0 Å². The van der Waals surface area contributed by atoms with E-state index in [9.17, 15) is 4.79 Å². The number of hydrogen-bond donors (Lipinski definition) is 2. The fraction of sp³-hybridized carbons (Fsp3) is 0.462. The van der Waals surface area contributed by atoms with E-state index in [1.165, 1.54) is 6.92 Å². The van der Waals surface area contributed by atoms with Crippen molar-refractivity contribution in [2.45, 2.75) is 6.92 Å². The molecular formula is C13H19N3O2. The van der Waals surface area contributed by atoms with Crippen LogP contribution in [0.4, 0.5) is 11.4 Å². The minimum Gasteiger partial charge on any atom is -0.495 e. The Morgan fingerprint density at radius 3 is 2.72 bits per heavy atom. The Hall–Kier alpha value is -1.75. The topological polar surface area (TPSA) is 53.6 Å². The quantitative estimate of drug-likeness (QED) is 0.841. The molecule has 5 nitrogen and oxygen atoms in total. The summed E-state index contributed by atoms with van der Waals surface area (Å²) in [6.07, 6.45) is 0. The van der Waals surface area contributed by atoms with Gasteiger partial charge >= 0.3 is 0 Å². The van der Waals surface area contributed by atoms with E-state index in [-0.39, 0.29) is 5.91 Å². The molecule has 1 aliphatic rings. The molecule has 0 unspecified atom stereocenters. The van der Waals surface area contributed by atoms with Crippen LogP contribution >= 0.6 is 0 Å². The van der Waals surface area contributed by atoms with Crippen LogP contribution in [-0.4, -0.2) is 39.2 Å². The molecule has 1 amide bonds. The molecule has 1 heterocycles. The zero-order chi connectivity index (χ0) is 13.0. The highest BCUT2D eigenvalue weighted by atomic mass is 16.5. The van der Waals surface area contributed by atoms with Crippen molar-refractivity contribution in [1.29, 1.82) is 0 Å². The van der Waals surface area contributed by atoms with Crippen LogP contribution < -0.4 is 20.3 Å². The number of nitrogens with zero attached hydrogens (tertiary/aromatic N) is 1. The standard InChI is InChI=1S/C13H19N3O2/c1-10(17)15-11-3-4-13(18-2)12(9-11)16-7-5-14-6-8-16/h3-4,9,14H,5-8H2,1-2H3,(H,15,17). The van der Waals surface area contributed by atoms with Gasteiger partial charge in [0.25, 0.3) is 0 Å². The number of carbonyl (C=O) groups is 1. The molecule has 1 aliphatic heterocycles. The summed E-state index contributed by atoms with van der Waals surface area (Å²) in [7, 11) is 1.67. The van der Waals surface area contributed by atoms with E-state index >= 15 is 0 Å². The first kappa shape index (κ1) is 12.7. The first-order valence-corrected chi connectivity index (χ1v) is 6.12. The Kier molecular flexibility index (Phi) is 4.04. The third-order valence-corrected chi connectivity index (χ3v) is 2.96. The number of hydrogen-bond acceptors (Lipinski definition) is 4. The summed E-state index contributed by atoms with van der Waals surface area (Å²) in [6, 6.07) is 5.71. The van der Waals surface area contributed by atoms with Crippen molar-refractivity contribution in [3.8, 4) is 5.75 Å². The lowest BCUT2D eigenvalue weighted by atomic mass is 10.2. The Bertz CT molecular complexity index is 428. The lowest BCUT2D eigenvalue weighted by molar-refractivity contribution is -0.114. The summed E-state index contributed by atoms with van der Waals surface area (Å²) in [5, 5.41) is 6.12. The summed E-state index contributed by atoms with van der Waals surface area (Å²) >= 11 is 0. The highest BCUT2D eigenvalue weighted by molar-refractivity contribution is 5.89. The van der Waals surface area contributed by atoms with Crippen molar-refractivity contribution >= 4 is 17.3 Å². The van der Waals surface area contributed by atoms with Gasteiger partial charge in [-0.05, 0) is 18.2 Å². The summed E-state index contributed by atoms with van der Waals surface area (Å²) < 4.78 is 5.38.